The lowest BCUT2D eigenvalue weighted by Gasteiger charge is -2.15. The van der Waals surface area contributed by atoms with Crippen LogP contribution in [0.15, 0.2) is 54.6 Å². The molecule has 20 heavy (non-hydrogen) atoms. The summed E-state index contributed by atoms with van der Waals surface area (Å²) in [4.78, 5) is 12.3. The van der Waals surface area contributed by atoms with Gasteiger partial charge < -0.3 is 5.32 Å². The first kappa shape index (κ1) is 14.6. The standard InChI is InChI=1S/C17H18ClNO/c1-2-15(13-8-4-3-5-9-13)17(20)19-12-14-10-6-7-11-16(14)18/h3-11,15H,2,12H2,1H3,(H,19,20)/t15-/m1/s1. The average Bonchev–Trinajstić information content (AvgIpc) is 2.48. The lowest BCUT2D eigenvalue weighted by Crippen LogP contribution is -2.28. The van der Waals surface area contributed by atoms with E-state index in [-0.39, 0.29) is 11.8 Å². The fraction of sp³-hybridized carbons (Fsp3) is 0.235. The van der Waals surface area contributed by atoms with Crippen LogP contribution in [0.1, 0.15) is 30.4 Å². The van der Waals surface area contributed by atoms with Gasteiger partial charge in [0.2, 0.25) is 5.91 Å². The van der Waals surface area contributed by atoms with Crippen LogP contribution in [-0.2, 0) is 11.3 Å². The van der Waals surface area contributed by atoms with Gasteiger partial charge in [0.15, 0.2) is 0 Å². The van der Waals surface area contributed by atoms with Crippen molar-refractivity contribution in [2.45, 2.75) is 25.8 Å². The summed E-state index contributed by atoms with van der Waals surface area (Å²) in [5, 5.41) is 3.65. The van der Waals surface area contributed by atoms with Gasteiger partial charge in [-0.1, -0.05) is 67.1 Å². The summed E-state index contributed by atoms with van der Waals surface area (Å²) in [6.07, 6.45) is 0.776. The van der Waals surface area contributed by atoms with Crippen LogP contribution < -0.4 is 5.32 Å². The van der Waals surface area contributed by atoms with Gasteiger partial charge in [-0.2, -0.15) is 0 Å². The summed E-state index contributed by atoms with van der Waals surface area (Å²) in [6, 6.07) is 17.4. The highest BCUT2D eigenvalue weighted by Crippen LogP contribution is 2.20. The minimum atomic E-state index is -0.112. The van der Waals surface area contributed by atoms with Crippen LogP contribution in [0.3, 0.4) is 0 Å². The van der Waals surface area contributed by atoms with E-state index in [1.807, 2.05) is 61.5 Å². The Hall–Kier alpha value is -1.80. The van der Waals surface area contributed by atoms with Gasteiger partial charge in [0.05, 0.1) is 5.92 Å². The molecule has 0 radical (unpaired) electrons. The van der Waals surface area contributed by atoms with Crippen LogP contribution in [0.4, 0.5) is 0 Å². The Morgan fingerprint density at radius 2 is 1.75 bits per heavy atom. The Morgan fingerprint density at radius 3 is 2.40 bits per heavy atom. The summed E-state index contributed by atoms with van der Waals surface area (Å²) in [5.74, 6) is -0.0719. The third-order valence-electron chi connectivity index (χ3n) is 3.34. The van der Waals surface area contributed by atoms with Crippen molar-refractivity contribution in [3.63, 3.8) is 0 Å². The number of hydrogen-bond donors (Lipinski definition) is 1. The van der Waals surface area contributed by atoms with Crippen LogP contribution in [0.5, 0.6) is 0 Å². The molecule has 2 rings (SSSR count). The molecule has 2 aromatic carbocycles. The highest BCUT2D eigenvalue weighted by Gasteiger charge is 2.18. The van der Waals surface area contributed by atoms with Gasteiger partial charge in [0.1, 0.15) is 0 Å². The Bertz CT molecular complexity index is 568. The van der Waals surface area contributed by atoms with Crippen LogP contribution in [0, 0.1) is 0 Å². The van der Waals surface area contributed by atoms with E-state index in [4.69, 9.17) is 11.6 Å². The topological polar surface area (TPSA) is 29.1 Å². The minimum absolute atomic E-state index is 0.0404. The molecule has 3 heteroatoms. The number of hydrogen-bond acceptors (Lipinski definition) is 1. The predicted molar refractivity (Wildman–Crippen MR) is 82.8 cm³/mol. The molecule has 0 saturated heterocycles. The van der Waals surface area contributed by atoms with Crippen molar-refractivity contribution in [3.05, 3.63) is 70.7 Å². The number of carbonyl (C=O) groups excluding carboxylic acids is 1. The highest BCUT2D eigenvalue weighted by atomic mass is 35.5. The molecule has 1 amide bonds. The first-order valence-corrected chi connectivity index (χ1v) is 7.16. The monoisotopic (exact) mass is 287 g/mol. The maximum atomic E-state index is 12.3. The first-order valence-electron chi connectivity index (χ1n) is 6.78. The lowest BCUT2D eigenvalue weighted by atomic mass is 9.95. The summed E-state index contributed by atoms with van der Waals surface area (Å²) in [7, 11) is 0. The molecular formula is C17H18ClNO. The van der Waals surface area contributed by atoms with Gasteiger partial charge >= 0.3 is 0 Å². The summed E-state index contributed by atoms with van der Waals surface area (Å²) >= 11 is 6.09. The van der Waals surface area contributed by atoms with Crippen molar-refractivity contribution in [1.29, 1.82) is 0 Å². The summed E-state index contributed by atoms with van der Waals surface area (Å²) in [6.45, 7) is 2.48. The third kappa shape index (κ3) is 3.61. The number of benzene rings is 2. The van der Waals surface area contributed by atoms with Crippen LogP contribution in [0.25, 0.3) is 0 Å². The Labute approximate surface area is 124 Å². The quantitative estimate of drug-likeness (QED) is 0.879. The van der Waals surface area contributed by atoms with Gasteiger partial charge in [-0.15, -0.1) is 0 Å². The van der Waals surface area contributed by atoms with Gasteiger partial charge in [-0.3, -0.25) is 4.79 Å². The largest absolute Gasteiger partial charge is 0.351 e. The van der Waals surface area contributed by atoms with E-state index in [2.05, 4.69) is 5.32 Å². The molecule has 0 aromatic heterocycles. The molecule has 1 atom stereocenters. The van der Waals surface area contributed by atoms with Crippen molar-refractivity contribution >= 4 is 17.5 Å². The Morgan fingerprint density at radius 1 is 1.10 bits per heavy atom. The molecule has 2 nitrogen and oxygen atoms in total. The molecule has 0 bridgehead atoms. The molecule has 0 spiro atoms. The van der Waals surface area contributed by atoms with Crippen LogP contribution >= 0.6 is 11.6 Å². The van der Waals surface area contributed by atoms with E-state index >= 15 is 0 Å². The normalized spacial score (nSPS) is 11.9. The molecule has 0 aliphatic heterocycles. The predicted octanol–water partition coefficient (Wildman–Crippen LogP) is 4.15. The number of carbonyl (C=O) groups is 1. The van der Waals surface area contributed by atoms with Crippen molar-refractivity contribution in [1.82, 2.24) is 5.32 Å². The van der Waals surface area contributed by atoms with Crippen molar-refractivity contribution in [2.24, 2.45) is 0 Å². The van der Waals surface area contributed by atoms with Crippen LogP contribution in [0.2, 0.25) is 5.02 Å². The molecular weight excluding hydrogens is 270 g/mol. The Kier molecular flexibility index (Phi) is 5.19. The number of nitrogens with one attached hydrogen (secondary N) is 1. The van der Waals surface area contributed by atoms with E-state index in [1.165, 1.54) is 0 Å². The second kappa shape index (κ2) is 7.11. The van der Waals surface area contributed by atoms with Crippen molar-refractivity contribution < 1.29 is 4.79 Å². The zero-order valence-electron chi connectivity index (χ0n) is 11.5. The highest BCUT2D eigenvalue weighted by molar-refractivity contribution is 6.31. The zero-order chi connectivity index (χ0) is 14.4. The maximum absolute atomic E-state index is 12.3. The molecule has 0 aliphatic carbocycles. The summed E-state index contributed by atoms with van der Waals surface area (Å²) < 4.78 is 0. The number of halogens is 1. The molecule has 104 valence electrons. The molecule has 0 fully saturated rings. The van der Waals surface area contributed by atoms with Gasteiger partial charge in [0.25, 0.3) is 0 Å². The van der Waals surface area contributed by atoms with E-state index in [0.717, 1.165) is 17.5 Å². The average molecular weight is 288 g/mol. The molecule has 0 unspecified atom stereocenters. The van der Waals surface area contributed by atoms with E-state index < -0.39 is 0 Å². The Balaban J connectivity index is 2.02. The molecule has 2 aromatic rings. The minimum Gasteiger partial charge on any atom is -0.351 e. The van der Waals surface area contributed by atoms with Crippen molar-refractivity contribution in [2.75, 3.05) is 0 Å². The van der Waals surface area contributed by atoms with Gasteiger partial charge in [0, 0.05) is 11.6 Å². The number of rotatable bonds is 5. The van der Waals surface area contributed by atoms with Gasteiger partial charge in [-0.25, -0.2) is 0 Å². The SMILES string of the molecule is CC[C@@H](C(=O)NCc1ccccc1Cl)c1ccccc1. The zero-order valence-corrected chi connectivity index (χ0v) is 12.2. The van der Waals surface area contributed by atoms with E-state index in [0.29, 0.717) is 11.6 Å². The summed E-state index contributed by atoms with van der Waals surface area (Å²) in [5.41, 5.74) is 1.98. The molecule has 1 N–H and O–H groups in total. The van der Waals surface area contributed by atoms with Gasteiger partial charge in [-0.05, 0) is 23.6 Å². The fourth-order valence-corrected chi connectivity index (χ4v) is 2.41. The van der Waals surface area contributed by atoms with Crippen LogP contribution in [-0.4, -0.2) is 5.91 Å². The molecule has 0 heterocycles. The number of amides is 1. The van der Waals surface area contributed by atoms with E-state index in [9.17, 15) is 4.79 Å². The second-order valence-corrected chi connectivity index (χ2v) is 5.09. The maximum Gasteiger partial charge on any atom is 0.227 e. The fourth-order valence-electron chi connectivity index (χ4n) is 2.21. The first-order chi connectivity index (χ1) is 9.72. The lowest BCUT2D eigenvalue weighted by molar-refractivity contribution is -0.122. The second-order valence-electron chi connectivity index (χ2n) is 4.68. The van der Waals surface area contributed by atoms with Crippen molar-refractivity contribution in [3.8, 4) is 0 Å². The molecule has 0 aliphatic rings. The molecule has 0 saturated carbocycles. The third-order valence-corrected chi connectivity index (χ3v) is 3.71. The van der Waals surface area contributed by atoms with E-state index in [1.54, 1.807) is 0 Å². The smallest absolute Gasteiger partial charge is 0.227 e.